The number of carbonyl (C=O) groups excluding carboxylic acids is 2. The first-order chi connectivity index (χ1) is 13.0. The van der Waals surface area contributed by atoms with E-state index in [9.17, 15) is 9.59 Å². The van der Waals surface area contributed by atoms with Gasteiger partial charge >= 0.3 is 0 Å². The summed E-state index contributed by atoms with van der Waals surface area (Å²) in [5.74, 6) is 0.942. The summed E-state index contributed by atoms with van der Waals surface area (Å²) >= 11 is 5.03. The van der Waals surface area contributed by atoms with Crippen molar-refractivity contribution in [2.24, 2.45) is 5.92 Å². The van der Waals surface area contributed by atoms with Crippen LogP contribution in [-0.2, 0) is 16.1 Å². The standard InChI is InChI=1S/C19H19BrN2O4S/c1-21(10-15-7-13(20)11-27-15)19(24)12-6-18(23)22(9-12)14-2-3-16-17(8-14)26-5-4-25-16/h2-3,7-8,11-12H,4-6,9-10H2,1H3. The van der Waals surface area contributed by atoms with Crippen LogP contribution in [0.1, 0.15) is 11.3 Å². The molecule has 0 radical (unpaired) electrons. The molecule has 1 aromatic carbocycles. The van der Waals surface area contributed by atoms with E-state index < -0.39 is 0 Å². The van der Waals surface area contributed by atoms with Crippen molar-refractivity contribution in [1.82, 2.24) is 4.90 Å². The van der Waals surface area contributed by atoms with E-state index in [0.717, 1.165) is 15.0 Å². The molecule has 2 aliphatic heterocycles. The van der Waals surface area contributed by atoms with Gasteiger partial charge < -0.3 is 19.3 Å². The van der Waals surface area contributed by atoms with Gasteiger partial charge in [0.1, 0.15) is 13.2 Å². The lowest BCUT2D eigenvalue weighted by Crippen LogP contribution is -2.34. The second kappa shape index (κ2) is 7.52. The molecule has 2 aliphatic rings. The van der Waals surface area contributed by atoms with Gasteiger partial charge in [-0.2, -0.15) is 0 Å². The van der Waals surface area contributed by atoms with E-state index in [1.807, 2.05) is 29.6 Å². The third kappa shape index (κ3) is 3.82. The minimum atomic E-state index is -0.334. The van der Waals surface area contributed by atoms with E-state index in [2.05, 4.69) is 15.9 Å². The fourth-order valence-corrected chi connectivity index (χ4v) is 4.89. The zero-order valence-corrected chi connectivity index (χ0v) is 17.2. The highest BCUT2D eigenvalue weighted by molar-refractivity contribution is 9.10. The number of anilines is 1. The van der Waals surface area contributed by atoms with Crippen LogP contribution in [0.25, 0.3) is 0 Å². The smallest absolute Gasteiger partial charge is 0.228 e. The van der Waals surface area contributed by atoms with Gasteiger partial charge in [0.15, 0.2) is 11.5 Å². The van der Waals surface area contributed by atoms with E-state index in [1.165, 1.54) is 0 Å². The van der Waals surface area contributed by atoms with E-state index in [0.29, 0.717) is 37.8 Å². The Hall–Kier alpha value is -2.06. The SMILES string of the molecule is CN(Cc1cc(Br)cs1)C(=O)C1CC(=O)N(c2ccc3c(c2)OCCO3)C1. The Morgan fingerprint density at radius 1 is 1.30 bits per heavy atom. The second-order valence-corrected chi connectivity index (χ2v) is 8.57. The molecule has 8 heteroatoms. The number of ether oxygens (including phenoxy) is 2. The van der Waals surface area contributed by atoms with Gasteiger partial charge in [0.25, 0.3) is 0 Å². The number of hydrogen-bond acceptors (Lipinski definition) is 5. The molecule has 2 aromatic rings. The van der Waals surface area contributed by atoms with E-state index >= 15 is 0 Å². The van der Waals surface area contributed by atoms with E-state index in [1.54, 1.807) is 28.2 Å². The molecule has 0 saturated carbocycles. The summed E-state index contributed by atoms with van der Waals surface area (Å²) in [6, 6.07) is 7.47. The average Bonchev–Trinajstić information content (AvgIpc) is 3.26. The summed E-state index contributed by atoms with van der Waals surface area (Å²) in [4.78, 5) is 29.8. The van der Waals surface area contributed by atoms with Crippen molar-refractivity contribution < 1.29 is 19.1 Å². The van der Waals surface area contributed by atoms with Crippen LogP contribution in [0.4, 0.5) is 5.69 Å². The molecule has 1 aromatic heterocycles. The highest BCUT2D eigenvalue weighted by atomic mass is 79.9. The van der Waals surface area contributed by atoms with Crippen molar-refractivity contribution >= 4 is 44.8 Å². The lowest BCUT2D eigenvalue weighted by atomic mass is 10.1. The summed E-state index contributed by atoms with van der Waals surface area (Å²) in [7, 11) is 1.78. The van der Waals surface area contributed by atoms with Crippen LogP contribution >= 0.6 is 27.3 Å². The van der Waals surface area contributed by atoms with E-state index in [4.69, 9.17) is 9.47 Å². The number of benzene rings is 1. The summed E-state index contributed by atoms with van der Waals surface area (Å²) in [5.41, 5.74) is 0.740. The third-order valence-electron chi connectivity index (χ3n) is 4.70. The molecule has 2 amide bonds. The molecular weight excluding hydrogens is 432 g/mol. The molecule has 4 rings (SSSR count). The third-order valence-corrected chi connectivity index (χ3v) is 6.39. The van der Waals surface area contributed by atoms with Gasteiger partial charge in [-0.05, 0) is 34.1 Å². The summed E-state index contributed by atoms with van der Waals surface area (Å²) < 4.78 is 12.1. The number of hydrogen-bond donors (Lipinski definition) is 0. The number of amides is 2. The molecule has 0 N–H and O–H groups in total. The predicted octanol–water partition coefficient (Wildman–Crippen LogP) is 3.29. The van der Waals surface area contributed by atoms with Crippen LogP contribution in [0.15, 0.2) is 34.1 Å². The Morgan fingerprint density at radius 2 is 2.07 bits per heavy atom. The first-order valence-corrected chi connectivity index (χ1v) is 10.4. The molecule has 27 heavy (non-hydrogen) atoms. The zero-order valence-electron chi connectivity index (χ0n) is 14.8. The number of halogens is 1. The summed E-state index contributed by atoms with van der Waals surface area (Å²) in [5, 5.41) is 2.00. The fourth-order valence-electron chi connectivity index (χ4n) is 3.38. The maximum absolute atomic E-state index is 12.8. The molecule has 0 bridgehead atoms. The normalized spacial score (nSPS) is 18.7. The number of rotatable bonds is 4. The van der Waals surface area contributed by atoms with Crippen LogP contribution in [0.3, 0.4) is 0 Å². The van der Waals surface area contributed by atoms with Gasteiger partial charge in [0.05, 0.1) is 12.5 Å². The number of nitrogens with zero attached hydrogens (tertiary/aromatic N) is 2. The summed E-state index contributed by atoms with van der Waals surface area (Å²) in [6.07, 6.45) is 0.228. The van der Waals surface area contributed by atoms with Crippen LogP contribution in [0.2, 0.25) is 0 Å². The summed E-state index contributed by atoms with van der Waals surface area (Å²) in [6.45, 7) is 1.95. The fraction of sp³-hybridized carbons (Fsp3) is 0.368. The minimum Gasteiger partial charge on any atom is -0.486 e. The van der Waals surface area contributed by atoms with Crippen LogP contribution < -0.4 is 14.4 Å². The van der Waals surface area contributed by atoms with Crippen LogP contribution in [-0.4, -0.2) is 43.5 Å². The maximum atomic E-state index is 12.8. The van der Waals surface area contributed by atoms with Crippen LogP contribution in [0, 0.1) is 5.92 Å². The van der Waals surface area contributed by atoms with Crippen molar-refractivity contribution in [2.75, 3.05) is 31.7 Å². The Kier molecular flexibility index (Phi) is 5.10. The van der Waals surface area contributed by atoms with Crippen molar-refractivity contribution in [3.63, 3.8) is 0 Å². The Balaban J connectivity index is 1.44. The number of carbonyl (C=O) groups is 2. The molecule has 142 valence electrons. The number of thiophene rings is 1. The monoisotopic (exact) mass is 450 g/mol. The van der Waals surface area contributed by atoms with Crippen LogP contribution in [0.5, 0.6) is 11.5 Å². The average molecular weight is 451 g/mol. The maximum Gasteiger partial charge on any atom is 0.228 e. The van der Waals surface area contributed by atoms with Gasteiger partial charge in [-0.25, -0.2) is 0 Å². The van der Waals surface area contributed by atoms with Gasteiger partial charge in [0.2, 0.25) is 11.8 Å². The highest BCUT2D eigenvalue weighted by Crippen LogP contribution is 2.36. The van der Waals surface area contributed by atoms with Crippen molar-refractivity contribution in [3.05, 3.63) is 39.0 Å². The first kappa shape index (κ1) is 18.3. The van der Waals surface area contributed by atoms with Crippen molar-refractivity contribution in [3.8, 4) is 11.5 Å². The molecule has 6 nitrogen and oxygen atoms in total. The highest BCUT2D eigenvalue weighted by Gasteiger charge is 2.37. The van der Waals surface area contributed by atoms with Crippen molar-refractivity contribution in [2.45, 2.75) is 13.0 Å². The van der Waals surface area contributed by atoms with E-state index in [-0.39, 0.29) is 24.2 Å². The molecular formula is C19H19BrN2O4S. The molecule has 1 unspecified atom stereocenters. The zero-order chi connectivity index (χ0) is 19.0. The number of fused-ring (bicyclic) bond motifs is 1. The topological polar surface area (TPSA) is 59.1 Å². The minimum absolute atomic E-state index is 0.00656. The molecule has 1 atom stereocenters. The van der Waals surface area contributed by atoms with Gasteiger partial charge in [0, 0.05) is 46.5 Å². The second-order valence-electron chi connectivity index (χ2n) is 6.66. The Bertz CT molecular complexity index is 884. The molecule has 0 aliphatic carbocycles. The van der Waals surface area contributed by atoms with Gasteiger partial charge in [-0.15, -0.1) is 11.3 Å². The predicted molar refractivity (Wildman–Crippen MR) is 106 cm³/mol. The molecule has 0 spiro atoms. The molecule has 1 saturated heterocycles. The quantitative estimate of drug-likeness (QED) is 0.716. The lowest BCUT2D eigenvalue weighted by molar-refractivity contribution is -0.135. The first-order valence-electron chi connectivity index (χ1n) is 8.69. The lowest BCUT2D eigenvalue weighted by Gasteiger charge is -2.23. The van der Waals surface area contributed by atoms with Gasteiger partial charge in [-0.1, -0.05) is 0 Å². The largest absolute Gasteiger partial charge is 0.486 e. The van der Waals surface area contributed by atoms with Gasteiger partial charge in [-0.3, -0.25) is 9.59 Å². The Labute approximate surface area is 169 Å². The van der Waals surface area contributed by atoms with Crippen molar-refractivity contribution in [1.29, 1.82) is 0 Å². The molecule has 1 fully saturated rings. The Morgan fingerprint density at radius 3 is 2.81 bits per heavy atom. The molecule has 3 heterocycles.